The number of hydrogen-bond donors (Lipinski definition) is 1. The largest absolute Gasteiger partial charge is 0.322 e. The second kappa shape index (κ2) is 6.38. The van der Waals surface area contributed by atoms with E-state index in [9.17, 15) is 9.18 Å². The van der Waals surface area contributed by atoms with Crippen molar-refractivity contribution in [1.29, 1.82) is 5.26 Å². The summed E-state index contributed by atoms with van der Waals surface area (Å²) in [4.78, 5) is 12.4. The summed E-state index contributed by atoms with van der Waals surface area (Å²) in [6.07, 6.45) is 5.21. The number of carbonyl (C=O) groups excluding carboxylic acids is 1. The number of nitrogens with one attached hydrogen (secondary N) is 1. The van der Waals surface area contributed by atoms with Crippen LogP contribution in [0.3, 0.4) is 0 Å². The number of benzene rings is 2. The lowest BCUT2D eigenvalue weighted by molar-refractivity contribution is 0.102. The van der Waals surface area contributed by atoms with Gasteiger partial charge in [0.05, 0.1) is 41.3 Å². The van der Waals surface area contributed by atoms with Crippen LogP contribution in [-0.2, 0) is 7.05 Å². The average Bonchev–Trinajstić information content (AvgIpc) is 3.27. The van der Waals surface area contributed by atoms with Crippen molar-refractivity contribution in [1.82, 2.24) is 19.6 Å². The Bertz CT molecular complexity index is 1220. The van der Waals surface area contributed by atoms with Gasteiger partial charge < -0.3 is 5.32 Å². The summed E-state index contributed by atoms with van der Waals surface area (Å²) in [7, 11) is 1.81. The van der Waals surface area contributed by atoms with Gasteiger partial charge in [-0.1, -0.05) is 0 Å². The standard InChI is InChI=1S/C19H13FN6O/c1-25-11-15(10-22-25)26-18-7-14(4-3-13(18)9-23-26)24-19(27)16-6-12(8-21)2-5-17(16)20/h2-7,9-11H,1H3,(H,24,27). The molecule has 8 heteroatoms. The Morgan fingerprint density at radius 3 is 2.78 bits per heavy atom. The third-order valence-corrected chi connectivity index (χ3v) is 4.10. The summed E-state index contributed by atoms with van der Waals surface area (Å²) < 4.78 is 17.3. The second-order valence-corrected chi connectivity index (χ2v) is 5.96. The zero-order valence-electron chi connectivity index (χ0n) is 14.2. The van der Waals surface area contributed by atoms with E-state index in [0.717, 1.165) is 22.7 Å². The van der Waals surface area contributed by atoms with E-state index in [-0.39, 0.29) is 11.1 Å². The Hall–Kier alpha value is -3.99. The molecule has 4 aromatic rings. The molecule has 2 aromatic heterocycles. The van der Waals surface area contributed by atoms with Gasteiger partial charge in [-0.3, -0.25) is 9.48 Å². The molecule has 1 amide bonds. The van der Waals surface area contributed by atoms with Crippen LogP contribution in [0, 0.1) is 17.1 Å². The number of amides is 1. The van der Waals surface area contributed by atoms with E-state index in [1.165, 1.54) is 12.1 Å². The van der Waals surface area contributed by atoms with Gasteiger partial charge in [0.1, 0.15) is 11.5 Å². The Morgan fingerprint density at radius 1 is 1.19 bits per heavy atom. The van der Waals surface area contributed by atoms with E-state index in [2.05, 4.69) is 15.5 Å². The van der Waals surface area contributed by atoms with Crippen molar-refractivity contribution in [3.8, 4) is 11.8 Å². The number of fused-ring (bicyclic) bond motifs is 1. The van der Waals surface area contributed by atoms with Gasteiger partial charge in [-0.2, -0.15) is 15.5 Å². The quantitative estimate of drug-likeness (QED) is 0.608. The SMILES string of the molecule is Cn1cc(-n2ncc3ccc(NC(=O)c4cc(C#N)ccc4F)cc32)cn1. The van der Waals surface area contributed by atoms with E-state index in [1.54, 1.807) is 33.9 Å². The fraction of sp³-hybridized carbons (Fsp3) is 0.0526. The molecule has 2 heterocycles. The topological polar surface area (TPSA) is 88.5 Å². The highest BCUT2D eigenvalue weighted by Gasteiger charge is 2.14. The lowest BCUT2D eigenvalue weighted by Gasteiger charge is -2.07. The van der Waals surface area contributed by atoms with E-state index in [4.69, 9.17) is 5.26 Å². The van der Waals surface area contributed by atoms with Gasteiger partial charge in [0.2, 0.25) is 0 Å². The predicted molar refractivity (Wildman–Crippen MR) is 96.9 cm³/mol. The van der Waals surface area contributed by atoms with Gasteiger partial charge in [-0.15, -0.1) is 0 Å². The first-order valence-corrected chi connectivity index (χ1v) is 8.03. The van der Waals surface area contributed by atoms with Gasteiger partial charge >= 0.3 is 0 Å². The van der Waals surface area contributed by atoms with Crippen molar-refractivity contribution in [3.63, 3.8) is 0 Å². The summed E-state index contributed by atoms with van der Waals surface area (Å²) in [5.41, 5.74) is 2.07. The smallest absolute Gasteiger partial charge is 0.258 e. The van der Waals surface area contributed by atoms with Crippen molar-refractivity contribution < 1.29 is 9.18 Å². The van der Waals surface area contributed by atoms with Crippen LogP contribution in [0.1, 0.15) is 15.9 Å². The van der Waals surface area contributed by atoms with Crippen LogP contribution < -0.4 is 5.32 Å². The number of anilines is 1. The average molecular weight is 360 g/mol. The van der Waals surface area contributed by atoms with Crippen LogP contribution in [-0.4, -0.2) is 25.5 Å². The molecule has 27 heavy (non-hydrogen) atoms. The molecule has 7 nitrogen and oxygen atoms in total. The second-order valence-electron chi connectivity index (χ2n) is 5.96. The summed E-state index contributed by atoms with van der Waals surface area (Å²) in [5, 5.41) is 21.0. The molecule has 0 spiro atoms. The Balaban J connectivity index is 1.69. The molecule has 0 unspecified atom stereocenters. The first-order valence-electron chi connectivity index (χ1n) is 8.03. The molecule has 0 aliphatic rings. The van der Waals surface area contributed by atoms with E-state index >= 15 is 0 Å². The molecule has 0 saturated carbocycles. The van der Waals surface area contributed by atoms with Gasteiger partial charge in [0.25, 0.3) is 5.91 Å². The van der Waals surface area contributed by atoms with Crippen molar-refractivity contribution in [2.45, 2.75) is 0 Å². The molecule has 0 atom stereocenters. The highest BCUT2D eigenvalue weighted by Crippen LogP contribution is 2.22. The lowest BCUT2D eigenvalue weighted by Crippen LogP contribution is -2.14. The van der Waals surface area contributed by atoms with Gasteiger partial charge in [0, 0.05) is 18.1 Å². The zero-order valence-corrected chi connectivity index (χ0v) is 14.2. The summed E-state index contributed by atoms with van der Waals surface area (Å²) in [6.45, 7) is 0. The van der Waals surface area contributed by atoms with Crippen LogP contribution in [0.5, 0.6) is 0 Å². The Kier molecular flexibility index (Phi) is 3.90. The fourth-order valence-corrected chi connectivity index (χ4v) is 2.79. The number of hydrogen-bond acceptors (Lipinski definition) is 4. The molecular weight excluding hydrogens is 347 g/mol. The van der Waals surface area contributed by atoms with E-state index in [0.29, 0.717) is 5.69 Å². The zero-order chi connectivity index (χ0) is 19.0. The lowest BCUT2D eigenvalue weighted by atomic mass is 10.1. The maximum Gasteiger partial charge on any atom is 0.258 e. The van der Waals surface area contributed by atoms with Gasteiger partial charge in [-0.05, 0) is 36.4 Å². The van der Waals surface area contributed by atoms with Crippen LogP contribution >= 0.6 is 0 Å². The number of rotatable bonds is 3. The molecule has 0 aliphatic carbocycles. The molecule has 0 saturated heterocycles. The third-order valence-electron chi connectivity index (χ3n) is 4.10. The van der Waals surface area contributed by atoms with Gasteiger partial charge in [0.15, 0.2) is 0 Å². The minimum atomic E-state index is -0.687. The van der Waals surface area contributed by atoms with Crippen LogP contribution in [0.4, 0.5) is 10.1 Å². The molecule has 0 radical (unpaired) electrons. The predicted octanol–water partition coefficient (Wildman–Crippen LogP) is 3.02. The molecular formula is C19H13FN6O. The van der Waals surface area contributed by atoms with Crippen molar-refractivity contribution >= 4 is 22.5 Å². The molecule has 2 aromatic carbocycles. The monoisotopic (exact) mass is 360 g/mol. The number of carbonyl (C=O) groups is 1. The maximum absolute atomic E-state index is 14.0. The number of nitrogens with zero attached hydrogens (tertiary/aromatic N) is 5. The molecule has 1 N–H and O–H groups in total. The van der Waals surface area contributed by atoms with Crippen LogP contribution in [0.2, 0.25) is 0 Å². The molecule has 0 aliphatic heterocycles. The van der Waals surface area contributed by atoms with Crippen molar-refractivity contribution in [2.24, 2.45) is 7.05 Å². The van der Waals surface area contributed by atoms with E-state index < -0.39 is 11.7 Å². The van der Waals surface area contributed by atoms with Crippen LogP contribution in [0.15, 0.2) is 55.0 Å². The fourth-order valence-electron chi connectivity index (χ4n) is 2.79. The Labute approximate surface area is 153 Å². The first-order chi connectivity index (χ1) is 13.0. The molecule has 4 rings (SSSR count). The summed E-state index contributed by atoms with van der Waals surface area (Å²) in [5.74, 6) is -1.32. The number of aromatic nitrogens is 4. The minimum absolute atomic E-state index is 0.185. The van der Waals surface area contributed by atoms with Crippen LogP contribution in [0.25, 0.3) is 16.6 Å². The molecule has 132 valence electrons. The molecule has 0 bridgehead atoms. The highest BCUT2D eigenvalue weighted by molar-refractivity contribution is 6.05. The third kappa shape index (κ3) is 3.02. The maximum atomic E-state index is 14.0. The number of aryl methyl sites for hydroxylation is 1. The van der Waals surface area contributed by atoms with Crippen molar-refractivity contribution in [3.05, 3.63) is 71.9 Å². The number of nitriles is 1. The van der Waals surface area contributed by atoms with Crippen molar-refractivity contribution in [2.75, 3.05) is 5.32 Å². The first kappa shape index (κ1) is 16.5. The summed E-state index contributed by atoms with van der Waals surface area (Å²) in [6, 6.07) is 10.8. The normalized spacial score (nSPS) is 10.7. The highest BCUT2D eigenvalue weighted by atomic mass is 19.1. The van der Waals surface area contributed by atoms with E-state index in [1.807, 2.05) is 25.4 Å². The summed E-state index contributed by atoms with van der Waals surface area (Å²) >= 11 is 0. The number of halogens is 1. The minimum Gasteiger partial charge on any atom is -0.322 e. The molecule has 0 fully saturated rings. The Morgan fingerprint density at radius 2 is 2.04 bits per heavy atom. The van der Waals surface area contributed by atoms with Gasteiger partial charge in [-0.25, -0.2) is 9.07 Å².